The Morgan fingerprint density at radius 3 is 2.76 bits per heavy atom. The van der Waals surface area contributed by atoms with Crippen molar-refractivity contribution in [1.82, 2.24) is 0 Å². The largest absolute Gasteiger partial charge is 0.360 e. The lowest BCUT2D eigenvalue weighted by Gasteiger charge is -2.29. The van der Waals surface area contributed by atoms with Gasteiger partial charge in [-0.15, -0.1) is 0 Å². The van der Waals surface area contributed by atoms with Gasteiger partial charge in [-0.3, -0.25) is 4.79 Å². The Hall–Kier alpha value is -3.06. The highest BCUT2D eigenvalue weighted by Gasteiger charge is 2.24. The molecule has 3 rings (SSSR count). The summed E-state index contributed by atoms with van der Waals surface area (Å²) in [7, 11) is 0. The molecule has 0 fully saturated rings. The molecule has 25 heavy (non-hydrogen) atoms. The van der Waals surface area contributed by atoms with E-state index in [0.29, 0.717) is 6.54 Å². The summed E-state index contributed by atoms with van der Waals surface area (Å²) in [6.07, 6.45) is 3.38. The molecule has 0 aromatic heterocycles. The SMILES string of the molecule is Cc1ccc(N/C=C(/C#N)C(=O)N2CCCc3ccccc32)cc1C. The van der Waals surface area contributed by atoms with E-state index in [1.165, 1.54) is 11.8 Å². The van der Waals surface area contributed by atoms with Crippen LogP contribution in [0, 0.1) is 25.2 Å². The Bertz CT molecular complexity index is 877. The first-order valence-electron chi connectivity index (χ1n) is 8.44. The third-order valence-electron chi connectivity index (χ3n) is 4.60. The van der Waals surface area contributed by atoms with Gasteiger partial charge in [-0.25, -0.2) is 0 Å². The molecule has 126 valence electrons. The Kier molecular flexibility index (Phi) is 4.85. The second-order valence-electron chi connectivity index (χ2n) is 6.30. The molecule has 1 N–H and O–H groups in total. The van der Waals surface area contributed by atoms with Crippen LogP contribution in [0.3, 0.4) is 0 Å². The first-order chi connectivity index (χ1) is 12.1. The summed E-state index contributed by atoms with van der Waals surface area (Å²) in [5, 5.41) is 12.5. The average molecular weight is 331 g/mol. The van der Waals surface area contributed by atoms with Crippen molar-refractivity contribution in [3.63, 3.8) is 0 Å². The van der Waals surface area contributed by atoms with E-state index in [1.807, 2.05) is 62.4 Å². The van der Waals surface area contributed by atoms with Gasteiger partial charge >= 0.3 is 0 Å². The third-order valence-corrected chi connectivity index (χ3v) is 4.60. The van der Waals surface area contributed by atoms with Crippen molar-refractivity contribution in [2.75, 3.05) is 16.8 Å². The lowest BCUT2D eigenvalue weighted by Crippen LogP contribution is -2.36. The Morgan fingerprint density at radius 1 is 1.20 bits per heavy atom. The maximum Gasteiger partial charge on any atom is 0.270 e. The number of nitrogens with one attached hydrogen (secondary N) is 1. The summed E-state index contributed by atoms with van der Waals surface area (Å²) in [5.74, 6) is -0.258. The normalized spacial score (nSPS) is 13.8. The van der Waals surface area contributed by atoms with E-state index < -0.39 is 0 Å². The molecule has 0 aliphatic carbocycles. The van der Waals surface area contributed by atoms with E-state index in [1.54, 1.807) is 4.90 Å². The van der Waals surface area contributed by atoms with Gasteiger partial charge in [-0.2, -0.15) is 5.26 Å². The van der Waals surface area contributed by atoms with Crippen molar-refractivity contribution >= 4 is 17.3 Å². The zero-order valence-corrected chi connectivity index (χ0v) is 14.5. The summed E-state index contributed by atoms with van der Waals surface area (Å²) in [6.45, 7) is 4.72. The van der Waals surface area contributed by atoms with Crippen LogP contribution in [0.5, 0.6) is 0 Å². The highest BCUT2D eigenvalue weighted by Crippen LogP contribution is 2.27. The number of hydrogen-bond donors (Lipinski definition) is 1. The van der Waals surface area contributed by atoms with E-state index in [-0.39, 0.29) is 11.5 Å². The van der Waals surface area contributed by atoms with Crippen LogP contribution in [-0.4, -0.2) is 12.5 Å². The third kappa shape index (κ3) is 3.56. The standard InChI is InChI=1S/C21H21N3O/c1-15-9-10-19(12-16(15)2)23-14-18(13-22)21(25)24-11-5-7-17-6-3-4-8-20(17)24/h3-4,6,8-10,12,14,23H,5,7,11H2,1-2H3/b18-14-. The van der Waals surface area contributed by atoms with Crippen LogP contribution in [0.2, 0.25) is 0 Å². The minimum absolute atomic E-state index is 0.106. The maximum absolute atomic E-state index is 12.8. The highest BCUT2D eigenvalue weighted by atomic mass is 16.2. The molecule has 2 aromatic rings. The van der Waals surface area contributed by atoms with Crippen LogP contribution in [-0.2, 0) is 11.2 Å². The van der Waals surface area contributed by atoms with Gasteiger partial charge in [0.2, 0.25) is 0 Å². The van der Waals surface area contributed by atoms with Crippen molar-refractivity contribution in [2.24, 2.45) is 0 Å². The van der Waals surface area contributed by atoms with E-state index in [4.69, 9.17) is 0 Å². The van der Waals surface area contributed by atoms with Crippen LogP contribution in [0.4, 0.5) is 11.4 Å². The van der Waals surface area contributed by atoms with Crippen molar-refractivity contribution in [3.8, 4) is 6.07 Å². The average Bonchev–Trinajstić information content (AvgIpc) is 2.64. The topological polar surface area (TPSA) is 56.1 Å². The number of hydrogen-bond acceptors (Lipinski definition) is 3. The number of amides is 1. The Balaban J connectivity index is 1.82. The predicted molar refractivity (Wildman–Crippen MR) is 100 cm³/mol. The number of aryl methyl sites for hydroxylation is 3. The Labute approximate surface area is 148 Å². The van der Waals surface area contributed by atoms with E-state index in [9.17, 15) is 10.1 Å². The number of anilines is 2. The van der Waals surface area contributed by atoms with Crippen LogP contribution in [0.1, 0.15) is 23.1 Å². The van der Waals surface area contributed by atoms with Gasteiger partial charge in [0.05, 0.1) is 0 Å². The van der Waals surface area contributed by atoms with Crippen LogP contribution < -0.4 is 10.2 Å². The monoisotopic (exact) mass is 331 g/mol. The second kappa shape index (κ2) is 7.23. The molecule has 0 atom stereocenters. The molecule has 0 unspecified atom stereocenters. The number of carbonyl (C=O) groups is 1. The number of nitrogens with zero attached hydrogens (tertiary/aromatic N) is 2. The highest BCUT2D eigenvalue weighted by molar-refractivity contribution is 6.09. The fraction of sp³-hybridized carbons (Fsp3) is 0.238. The molecule has 4 heteroatoms. The molecule has 0 bridgehead atoms. The molecule has 1 aliphatic rings. The van der Waals surface area contributed by atoms with Crippen LogP contribution in [0.15, 0.2) is 54.2 Å². The lowest BCUT2D eigenvalue weighted by atomic mass is 10.0. The first-order valence-corrected chi connectivity index (χ1v) is 8.44. The number of benzene rings is 2. The molecule has 2 aromatic carbocycles. The van der Waals surface area contributed by atoms with Crippen LogP contribution >= 0.6 is 0 Å². The van der Waals surface area contributed by atoms with E-state index in [2.05, 4.69) is 5.32 Å². The molecule has 1 aliphatic heterocycles. The molecule has 0 saturated heterocycles. The van der Waals surface area contributed by atoms with Gasteiger partial charge in [0.25, 0.3) is 5.91 Å². The number of rotatable bonds is 3. The van der Waals surface area contributed by atoms with Crippen molar-refractivity contribution < 1.29 is 4.79 Å². The van der Waals surface area contributed by atoms with Gasteiger partial charge in [-0.05, 0) is 61.6 Å². The van der Waals surface area contributed by atoms with E-state index in [0.717, 1.165) is 35.3 Å². The number of para-hydroxylation sites is 1. The number of nitriles is 1. The molecule has 0 radical (unpaired) electrons. The molecule has 0 spiro atoms. The van der Waals surface area contributed by atoms with Gasteiger partial charge in [0.15, 0.2) is 0 Å². The quantitative estimate of drug-likeness (QED) is 0.680. The fourth-order valence-corrected chi connectivity index (χ4v) is 3.02. The minimum atomic E-state index is -0.258. The molecule has 1 amide bonds. The zero-order valence-electron chi connectivity index (χ0n) is 14.5. The summed E-state index contributed by atoms with van der Waals surface area (Å²) in [4.78, 5) is 14.5. The smallest absolute Gasteiger partial charge is 0.270 e. The molecular formula is C21H21N3O. The first kappa shape index (κ1) is 16.8. The summed E-state index contributed by atoms with van der Waals surface area (Å²) >= 11 is 0. The van der Waals surface area contributed by atoms with Crippen molar-refractivity contribution in [1.29, 1.82) is 5.26 Å². The van der Waals surface area contributed by atoms with Crippen molar-refractivity contribution in [2.45, 2.75) is 26.7 Å². The van der Waals surface area contributed by atoms with Crippen molar-refractivity contribution in [3.05, 3.63) is 70.9 Å². The number of fused-ring (bicyclic) bond motifs is 1. The molecule has 4 nitrogen and oxygen atoms in total. The summed E-state index contributed by atoms with van der Waals surface area (Å²) in [5.41, 5.74) is 5.40. The number of carbonyl (C=O) groups excluding carboxylic acids is 1. The molecule has 1 heterocycles. The van der Waals surface area contributed by atoms with Gasteiger partial charge in [0.1, 0.15) is 11.6 Å². The summed E-state index contributed by atoms with van der Waals surface area (Å²) in [6, 6.07) is 15.9. The van der Waals surface area contributed by atoms with Gasteiger partial charge in [0, 0.05) is 24.1 Å². The predicted octanol–water partition coefficient (Wildman–Crippen LogP) is 4.10. The second-order valence-corrected chi connectivity index (χ2v) is 6.30. The Morgan fingerprint density at radius 2 is 2.00 bits per heavy atom. The van der Waals surface area contributed by atoms with Gasteiger partial charge < -0.3 is 10.2 Å². The maximum atomic E-state index is 12.8. The summed E-state index contributed by atoms with van der Waals surface area (Å²) < 4.78 is 0. The van der Waals surface area contributed by atoms with Crippen LogP contribution in [0.25, 0.3) is 0 Å². The lowest BCUT2D eigenvalue weighted by molar-refractivity contribution is -0.114. The fourth-order valence-electron chi connectivity index (χ4n) is 3.02. The molecular weight excluding hydrogens is 310 g/mol. The minimum Gasteiger partial charge on any atom is -0.360 e. The van der Waals surface area contributed by atoms with E-state index >= 15 is 0 Å². The molecule has 0 saturated carbocycles. The zero-order chi connectivity index (χ0) is 17.8. The van der Waals surface area contributed by atoms with Gasteiger partial charge in [-0.1, -0.05) is 24.3 Å².